The molecule has 1 aliphatic heterocycles. The molecule has 0 aromatic carbocycles. The highest BCUT2D eigenvalue weighted by Gasteiger charge is 2.39. The number of halogens is 3. The number of carbonyl (C=O) groups is 1. The van der Waals surface area contributed by atoms with Gasteiger partial charge in [-0.3, -0.25) is 4.79 Å². The molecule has 3 rings (SSSR count). The zero-order valence-corrected chi connectivity index (χ0v) is 12.6. The van der Waals surface area contributed by atoms with Crippen LogP contribution in [0.4, 0.5) is 13.2 Å². The summed E-state index contributed by atoms with van der Waals surface area (Å²) in [5, 5.41) is 3.51. The van der Waals surface area contributed by atoms with Crippen LogP contribution in [0.25, 0.3) is 10.6 Å². The third-order valence-electron chi connectivity index (χ3n) is 3.62. The molecule has 1 fully saturated rings. The molecule has 0 unspecified atom stereocenters. The van der Waals surface area contributed by atoms with Crippen molar-refractivity contribution in [3.05, 3.63) is 28.3 Å². The van der Waals surface area contributed by atoms with Gasteiger partial charge in [-0.1, -0.05) is 5.16 Å². The van der Waals surface area contributed by atoms with Crippen LogP contribution in [0, 0.1) is 6.92 Å². The number of thiophene rings is 1. The minimum Gasteiger partial charge on any atom is -0.351 e. The molecule has 118 valence electrons. The Kier molecular flexibility index (Phi) is 3.72. The summed E-state index contributed by atoms with van der Waals surface area (Å²) in [6.07, 6.45) is -2.59. The molecule has 0 spiro atoms. The van der Waals surface area contributed by atoms with Gasteiger partial charge in [0.15, 0.2) is 0 Å². The smallest absolute Gasteiger partial charge is 0.351 e. The second kappa shape index (κ2) is 5.42. The van der Waals surface area contributed by atoms with E-state index in [-0.39, 0.29) is 17.2 Å². The highest BCUT2D eigenvalue weighted by atomic mass is 32.1. The Morgan fingerprint density at radius 1 is 1.32 bits per heavy atom. The quantitative estimate of drug-likeness (QED) is 0.837. The molecule has 2 aromatic heterocycles. The van der Waals surface area contributed by atoms with Crippen LogP contribution in [0.1, 0.15) is 33.8 Å². The van der Waals surface area contributed by atoms with E-state index in [2.05, 4.69) is 9.68 Å². The highest BCUT2D eigenvalue weighted by Crippen LogP contribution is 2.38. The van der Waals surface area contributed by atoms with Gasteiger partial charge in [0.25, 0.3) is 5.91 Å². The van der Waals surface area contributed by atoms with E-state index in [4.69, 9.17) is 0 Å². The second-order valence-electron chi connectivity index (χ2n) is 5.15. The molecule has 3 heterocycles. The summed E-state index contributed by atoms with van der Waals surface area (Å²) < 4.78 is 42.6. The summed E-state index contributed by atoms with van der Waals surface area (Å²) in [5.41, 5.74) is 0.0762. The van der Waals surface area contributed by atoms with Crippen LogP contribution >= 0.6 is 11.3 Å². The van der Waals surface area contributed by atoms with Crippen molar-refractivity contribution in [1.29, 1.82) is 0 Å². The van der Waals surface area contributed by atoms with E-state index >= 15 is 0 Å². The van der Waals surface area contributed by atoms with Gasteiger partial charge in [-0.25, -0.2) is 0 Å². The Labute approximate surface area is 128 Å². The number of rotatable bonds is 2. The fraction of sp³-hybridized carbons (Fsp3) is 0.429. The SMILES string of the molecule is Cc1c(-c2ccc(C(=O)N3CCCC3)s2)noc1C(F)(F)F. The average Bonchev–Trinajstić information content (AvgIpc) is 3.17. The second-order valence-corrected chi connectivity index (χ2v) is 6.23. The predicted octanol–water partition coefficient (Wildman–Crippen LogP) is 3.97. The van der Waals surface area contributed by atoms with Crippen molar-refractivity contribution >= 4 is 17.2 Å². The van der Waals surface area contributed by atoms with Crippen molar-refractivity contribution in [2.45, 2.75) is 25.9 Å². The van der Waals surface area contributed by atoms with Crippen LogP contribution in [0.5, 0.6) is 0 Å². The van der Waals surface area contributed by atoms with Gasteiger partial charge >= 0.3 is 6.18 Å². The number of likely N-dealkylation sites (tertiary alicyclic amines) is 1. The van der Waals surface area contributed by atoms with E-state index in [9.17, 15) is 18.0 Å². The van der Waals surface area contributed by atoms with Crippen LogP contribution in [-0.2, 0) is 6.18 Å². The van der Waals surface area contributed by atoms with Crippen molar-refractivity contribution < 1.29 is 22.5 Å². The summed E-state index contributed by atoms with van der Waals surface area (Å²) in [7, 11) is 0. The Bertz CT molecular complexity index is 699. The number of amides is 1. The van der Waals surface area contributed by atoms with Gasteiger partial charge in [-0.15, -0.1) is 11.3 Å². The first kappa shape index (κ1) is 15.1. The van der Waals surface area contributed by atoms with E-state index < -0.39 is 11.9 Å². The zero-order valence-electron chi connectivity index (χ0n) is 11.7. The van der Waals surface area contributed by atoms with Gasteiger partial charge in [0, 0.05) is 18.7 Å². The largest absolute Gasteiger partial charge is 0.452 e. The molecular formula is C14H13F3N2O2S. The average molecular weight is 330 g/mol. The molecule has 0 bridgehead atoms. The van der Waals surface area contributed by atoms with Crippen molar-refractivity contribution in [3.63, 3.8) is 0 Å². The fourth-order valence-corrected chi connectivity index (χ4v) is 3.50. The molecule has 22 heavy (non-hydrogen) atoms. The van der Waals surface area contributed by atoms with Crippen LogP contribution in [0.3, 0.4) is 0 Å². The maximum Gasteiger partial charge on any atom is 0.452 e. The third kappa shape index (κ3) is 2.63. The van der Waals surface area contributed by atoms with E-state index in [1.165, 1.54) is 6.92 Å². The molecule has 0 saturated carbocycles. The van der Waals surface area contributed by atoms with Gasteiger partial charge < -0.3 is 9.42 Å². The summed E-state index contributed by atoms with van der Waals surface area (Å²) in [6.45, 7) is 2.77. The zero-order chi connectivity index (χ0) is 15.9. The number of hydrogen-bond donors (Lipinski definition) is 0. The van der Waals surface area contributed by atoms with Crippen molar-refractivity contribution in [2.75, 3.05) is 13.1 Å². The summed E-state index contributed by atoms with van der Waals surface area (Å²) in [6, 6.07) is 3.24. The van der Waals surface area contributed by atoms with E-state index in [1.54, 1.807) is 17.0 Å². The molecule has 0 radical (unpaired) electrons. The highest BCUT2D eigenvalue weighted by molar-refractivity contribution is 7.17. The molecule has 1 saturated heterocycles. The van der Waals surface area contributed by atoms with Crippen LogP contribution < -0.4 is 0 Å². The lowest BCUT2D eigenvalue weighted by Gasteiger charge is -2.13. The first-order valence-electron chi connectivity index (χ1n) is 6.81. The summed E-state index contributed by atoms with van der Waals surface area (Å²) >= 11 is 1.14. The topological polar surface area (TPSA) is 46.3 Å². The lowest BCUT2D eigenvalue weighted by atomic mass is 10.2. The van der Waals surface area contributed by atoms with Crippen molar-refractivity contribution in [3.8, 4) is 10.6 Å². The molecular weight excluding hydrogens is 317 g/mol. The Balaban J connectivity index is 1.88. The molecule has 2 aromatic rings. The number of carbonyl (C=O) groups excluding carboxylic acids is 1. The molecule has 0 atom stereocenters. The number of hydrogen-bond acceptors (Lipinski definition) is 4. The first-order chi connectivity index (χ1) is 10.4. The minimum atomic E-state index is -4.57. The lowest BCUT2D eigenvalue weighted by molar-refractivity contribution is -0.156. The molecule has 4 nitrogen and oxygen atoms in total. The Morgan fingerprint density at radius 3 is 2.59 bits per heavy atom. The Morgan fingerprint density at radius 2 is 2.00 bits per heavy atom. The van der Waals surface area contributed by atoms with Crippen molar-refractivity contribution in [2.24, 2.45) is 0 Å². The number of nitrogens with zero attached hydrogens (tertiary/aromatic N) is 2. The standard InChI is InChI=1S/C14H13F3N2O2S/c1-8-11(18-21-12(8)14(15,16)17)9-4-5-10(22-9)13(20)19-6-2-3-7-19/h4-5H,2-3,6-7H2,1H3. The number of alkyl halides is 3. The van der Waals surface area contributed by atoms with E-state index in [1.807, 2.05) is 0 Å². The van der Waals surface area contributed by atoms with Crippen LogP contribution in [0.2, 0.25) is 0 Å². The summed E-state index contributed by atoms with van der Waals surface area (Å²) in [4.78, 5) is 15.0. The normalized spacial score (nSPS) is 15.5. The lowest BCUT2D eigenvalue weighted by Crippen LogP contribution is -2.26. The van der Waals surface area contributed by atoms with Crippen molar-refractivity contribution in [1.82, 2.24) is 10.1 Å². The van der Waals surface area contributed by atoms with E-state index in [0.717, 1.165) is 37.3 Å². The Hall–Kier alpha value is -1.83. The van der Waals surface area contributed by atoms with Crippen LogP contribution in [0.15, 0.2) is 16.7 Å². The monoisotopic (exact) mass is 330 g/mol. The van der Waals surface area contributed by atoms with Gasteiger partial charge in [0.05, 0.1) is 9.75 Å². The maximum absolute atomic E-state index is 12.7. The molecule has 1 aliphatic rings. The van der Waals surface area contributed by atoms with Gasteiger partial charge in [-0.2, -0.15) is 13.2 Å². The minimum absolute atomic E-state index is 0.0606. The fourth-order valence-electron chi connectivity index (χ4n) is 2.49. The predicted molar refractivity (Wildman–Crippen MR) is 74.7 cm³/mol. The molecule has 0 N–H and O–H groups in total. The molecule has 1 amide bonds. The molecule has 0 aliphatic carbocycles. The summed E-state index contributed by atoms with van der Waals surface area (Å²) in [5.74, 6) is -1.17. The third-order valence-corrected chi connectivity index (χ3v) is 4.70. The van der Waals surface area contributed by atoms with Gasteiger partial charge in [0.2, 0.25) is 5.76 Å². The van der Waals surface area contributed by atoms with Crippen LogP contribution in [-0.4, -0.2) is 29.1 Å². The molecule has 8 heteroatoms. The number of aromatic nitrogens is 1. The maximum atomic E-state index is 12.7. The first-order valence-corrected chi connectivity index (χ1v) is 7.62. The van der Waals surface area contributed by atoms with Gasteiger partial charge in [0.1, 0.15) is 5.69 Å². The van der Waals surface area contributed by atoms with E-state index in [0.29, 0.717) is 9.75 Å². The van der Waals surface area contributed by atoms with Gasteiger partial charge in [-0.05, 0) is 31.9 Å².